The van der Waals surface area contributed by atoms with Crippen molar-refractivity contribution < 1.29 is 0 Å². The minimum atomic E-state index is 0.648. The van der Waals surface area contributed by atoms with Gasteiger partial charge in [0.2, 0.25) is 0 Å². The van der Waals surface area contributed by atoms with Gasteiger partial charge in [-0.05, 0) is 6.42 Å². The van der Waals surface area contributed by atoms with E-state index in [4.69, 9.17) is 0 Å². The van der Waals surface area contributed by atoms with Crippen LogP contribution in [0.1, 0.15) is 24.9 Å². The number of aryl methyl sites for hydroxylation is 1. The molecule has 0 bridgehead atoms. The highest BCUT2D eigenvalue weighted by Crippen LogP contribution is 2.06. The Kier molecular flexibility index (Phi) is 3.48. The second kappa shape index (κ2) is 5.25. The van der Waals surface area contributed by atoms with Crippen molar-refractivity contribution in [1.29, 1.82) is 0 Å². The highest BCUT2D eigenvalue weighted by molar-refractivity contribution is 5.34. The molecule has 0 unspecified atom stereocenters. The number of anilines is 1. The van der Waals surface area contributed by atoms with Crippen molar-refractivity contribution in [1.82, 2.24) is 19.9 Å². The van der Waals surface area contributed by atoms with Gasteiger partial charge in [-0.15, -0.1) is 0 Å². The molecule has 2 N–H and O–H groups in total. The van der Waals surface area contributed by atoms with Gasteiger partial charge in [0.05, 0.1) is 6.54 Å². The monoisotopic (exact) mass is 217 g/mol. The lowest BCUT2D eigenvalue weighted by atomic mass is 10.2. The van der Waals surface area contributed by atoms with E-state index in [1.807, 2.05) is 6.07 Å². The molecule has 0 aromatic carbocycles. The van der Waals surface area contributed by atoms with E-state index in [0.29, 0.717) is 6.54 Å². The van der Waals surface area contributed by atoms with Crippen LogP contribution in [0.5, 0.6) is 0 Å². The summed E-state index contributed by atoms with van der Waals surface area (Å²) in [5, 5.41) is 3.20. The zero-order valence-electron chi connectivity index (χ0n) is 9.27. The number of rotatable bonds is 5. The van der Waals surface area contributed by atoms with Gasteiger partial charge < -0.3 is 10.3 Å². The van der Waals surface area contributed by atoms with Crippen LogP contribution in [0.15, 0.2) is 24.8 Å². The number of H-pyrrole nitrogens is 1. The van der Waals surface area contributed by atoms with Crippen LogP contribution in [0.4, 0.5) is 5.82 Å². The van der Waals surface area contributed by atoms with E-state index < -0.39 is 0 Å². The molecule has 0 saturated carbocycles. The second-order valence-corrected chi connectivity index (χ2v) is 3.53. The first-order valence-corrected chi connectivity index (χ1v) is 5.41. The van der Waals surface area contributed by atoms with Gasteiger partial charge in [-0.1, -0.05) is 13.3 Å². The molecule has 2 aromatic rings. The summed E-state index contributed by atoms with van der Waals surface area (Å²) in [5.74, 6) is 1.74. The van der Waals surface area contributed by atoms with Crippen molar-refractivity contribution in [3.05, 3.63) is 36.3 Å². The molecule has 16 heavy (non-hydrogen) atoms. The fourth-order valence-electron chi connectivity index (χ4n) is 1.46. The van der Waals surface area contributed by atoms with Gasteiger partial charge in [-0.2, -0.15) is 0 Å². The average Bonchev–Trinajstić information content (AvgIpc) is 2.80. The van der Waals surface area contributed by atoms with Crippen LogP contribution >= 0.6 is 0 Å². The van der Waals surface area contributed by atoms with Crippen molar-refractivity contribution in [2.24, 2.45) is 0 Å². The summed E-state index contributed by atoms with van der Waals surface area (Å²) >= 11 is 0. The van der Waals surface area contributed by atoms with Crippen LogP contribution in [0, 0.1) is 0 Å². The maximum Gasteiger partial charge on any atom is 0.129 e. The zero-order valence-corrected chi connectivity index (χ0v) is 9.27. The maximum absolute atomic E-state index is 4.20. The lowest BCUT2D eigenvalue weighted by Gasteiger charge is -2.04. The van der Waals surface area contributed by atoms with Gasteiger partial charge in [-0.25, -0.2) is 15.0 Å². The molecule has 2 rings (SSSR count). The minimum Gasteiger partial charge on any atom is -0.363 e. The highest BCUT2D eigenvalue weighted by atomic mass is 15.0. The molecule has 0 amide bonds. The van der Waals surface area contributed by atoms with E-state index in [1.165, 1.54) is 0 Å². The molecule has 5 heteroatoms. The first-order valence-electron chi connectivity index (χ1n) is 5.41. The van der Waals surface area contributed by atoms with Crippen LogP contribution in [0.2, 0.25) is 0 Å². The molecule has 0 aliphatic heterocycles. The molecule has 2 heterocycles. The Morgan fingerprint density at radius 1 is 1.31 bits per heavy atom. The Hall–Kier alpha value is -1.91. The van der Waals surface area contributed by atoms with Crippen molar-refractivity contribution in [3.63, 3.8) is 0 Å². The van der Waals surface area contributed by atoms with E-state index in [9.17, 15) is 0 Å². The minimum absolute atomic E-state index is 0.648. The van der Waals surface area contributed by atoms with E-state index in [1.54, 1.807) is 18.7 Å². The van der Waals surface area contributed by atoms with Gasteiger partial charge >= 0.3 is 0 Å². The Balaban J connectivity index is 1.96. The summed E-state index contributed by atoms with van der Waals surface area (Å²) in [4.78, 5) is 15.5. The molecular formula is C11H15N5. The summed E-state index contributed by atoms with van der Waals surface area (Å²) in [6.45, 7) is 2.79. The third-order valence-electron chi connectivity index (χ3n) is 2.22. The van der Waals surface area contributed by atoms with Crippen LogP contribution in [0.25, 0.3) is 0 Å². The van der Waals surface area contributed by atoms with Gasteiger partial charge in [0, 0.05) is 24.2 Å². The summed E-state index contributed by atoms with van der Waals surface area (Å²) < 4.78 is 0. The largest absolute Gasteiger partial charge is 0.363 e. The van der Waals surface area contributed by atoms with E-state index >= 15 is 0 Å². The molecule has 0 fully saturated rings. The summed E-state index contributed by atoms with van der Waals surface area (Å²) in [5.41, 5.74) is 1.07. The Labute approximate surface area is 94.4 Å². The fraction of sp³-hybridized carbons (Fsp3) is 0.364. The molecule has 0 aliphatic carbocycles. The molecule has 0 spiro atoms. The van der Waals surface area contributed by atoms with Gasteiger partial charge in [0.1, 0.15) is 18.0 Å². The number of nitrogens with one attached hydrogen (secondary N) is 2. The Bertz CT molecular complexity index is 424. The van der Waals surface area contributed by atoms with E-state index in [-0.39, 0.29) is 0 Å². The second-order valence-electron chi connectivity index (χ2n) is 3.53. The summed E-state index contributed by atoms with van der Waals surface area (Å²) in [6.07, 6.45) is 7.21. The van der Waals surface area contributed by atoms with Crippen molar-refractivity contribution in [2.75, 3.05) is 5.32 Å². The zero-order chi connectivity index (χ0) is 11.2. The lowest BCUT2D eigenvalue weighted by Crippen LogP contribution is -2.04. The summed E-state index contributed by atoms with van der Waals surface area (Å²) in [6, 6.07) is 1.98. The SMILES string of the molecule is CCCc1cc(NCc2ncc[nH]2)ncn1. The maximum atomic E-state index is 4.20. The van der Waals surface area contributed by atoms with Gasteiger partial charge in [-0.3, -0.25) is 0 Å². The molecule has 0 radical (unpaired) electrons. The number of hydrogen-bond donors (Lipinski definition) is 2. The molecule has 84 valence electrons. The molecule has 0 atom stereocenters. The first-order chi connectivity index (χ1) is 7.88. The Morgan fingerprint density at radius 3 is 3.00 bits per heavy atom. The van der Waals surface area contributed by atoms with Crippen LogP contribution in [-0.2, 0) is 13.0 Å². The first kappa shape index (κ1) is 10.6. The lowest BCUT2D eigenvalue weighted by molar-refractivity contribution is 0.869. The fourth-order valence-corrected chi connectivity index (χ4v) is 1.46. The predicted octanol–water partition coefficient (Wildman–Crippen LogP) is 1.76. The third kappa shape index (κ3) is 2.79. The number of hydrogen-bond acceptors (Lipinski definition) is 4. The van der Waals surface area contributed by atoms with Crippen LogP contribution < -0.4 is 5.32 Å². The average molecular weight is 217 g/mol. The number of aromatic amines is 1. The van der Waals surface area contributed by atoms with E-state index in [0.717, 1.165) is 30.2 Å². The standard InChI is InChI=1S/C11H15N5/c1-2-3-9-6-10(16-8-15-9)14-7-11-12-4-5-13-11/h4-6,8H,2-3,7H2,1H3,(H,12,13)(H,14,15,16). The molecular weight excluding hydrogens is 202 g/mol. The smallest absolute Gasteiger partial charge is 0.129 e. The van der Waals surface area contributed by atoms with Crippen LogP contribution in [-0.4, -0.2) is 19.9 Å². The molecule has 0 aliphatic rings. The topological polar surface area (TPSA) is 66.5 Å². The predicted molar refractivity (Wildman–Crippen MR) is 61.9 cm³/mol. The van der Waals surface area contributed by atoms with Gasteiger partial charge in [0.15, 0.2) is 0 Å². The quantitative estimate of drug-likeness (QED) is 0.801. The van der Waals surface area contributed by atoms with Crippen molar-refractivity contribution >= 4 is 5.82 Å². The van der Waals surface area contributed by atoms with Crippen molar-refractivity contribution in [3.8, 4) is 0 Å². The molecule has 2 aromatic heterocycles. The number of imidazole rings is 1. The third-order valence-corrected chi connectivity index (χ3v) is 2.22. The highest BCUT2D eigenvalue weighted by Gasteiger charge is 1.99. The normalized spacial score (nSPS) is 10.3. The van der Waals surface area contributed by atoms with Crippen molar-refractivity contribution in [2.45, 2.75) is 26.3 Å². The number of nitrogens with zero attached hydrogens (tertiary/aromatic N) is 3. The van der Waals surface area contributed by atoms with Gasteiger partial charge in [0.25, 0.3) is 0 Å². The summed E-state index contributed by atoms with van der Waals surface area (Å²) in [7, 11) is 0. The Morgan fingerprint density at radius 2 is 2.25 bits per heavy atom. The van der Waals surface area contributed by atoms with E-state index in [2.05, 4.69) is 32.2 Å². The molecule has 0 saturated heterocycles. The van der Waals surface area contributed by atoms with Crippen LogP contribution in [0.3, 0.4) is 0 Å². The molecule has 5 nitrogen and oxygen atoms in total. The number of aromatic nitrogens is 4.